The zero-order chi connectivity index (χ0) is 27.8. The van der Waals surface area contributed by atoms with E-state index in [0.717, 1.165) is 11.8 Å². The van der Waals surface area contributed by atoms with Crippen LogP contribution >= 0.6 is 11.6 Å². The molecule has 0 aliphatic heterocycles. The van der Waals surface area contributed by atoms with Gasteiger partial charge in [-0.25, -0.2) is 8.42 Å². The molecule has 2 amide bonds. The number of anilines is 1. The molecule has 0 aliphatic carbocycles. The van der Waals surface area contributed by atoms with Gasteiger partial charge in [-0.2, -0.15) is 0 Å². The first-order valence-corrected chi connectivity index (χ1v) is 14.1. The van der Waals surface area contributed by atoms with Gasteiger partial charge in [-0.05, 0) is 63.1 Å². The molecular weight excluding hydrogens is 518 g/mol. The van der Waals surface area contributed by atoms with E-state index in [2.05, 4.69) is 5.32 Å². The molecule has 11 heteroatoms. The van der Waals surface area contributed by atoms with Crippen LogP contribution in [-0.2, 0) is 26.2 Å². The van der Waals surface area contributed by atoms with Gasteiger partial charge in [0.05, 0.1) is 31.2 Å². The Balaban J connectivity index is 2.21. The highest BCUT2D eigenvalue weighted by atomic mass is 35.5. The second kappa shape index (κ2) is 13.5. The lowest BCUT2D eigenvalue weighted by molar-refractivity contribution is -0.140. The Bertz CT molecular complexity index is 1190. The molecule has 0 aliphatic rings. The standard InChI is InChI=1S/C26H36ClN3O6S/c1-18(2)28-26(32)19(3)29(17-20-9-7-10-22(15-20)35-4)25(31)11-8-14-30(37(6,33)34)21-12-13-24(36-5)23(27)16-21/h7,9-10,12-13,15-16,18-19H,8,11,14,17H2,1-6H3,(H,28,32)/t19-/m0/s1. The summed E-state index contributed by atoms with van der Waals surface area (Å²) in [5.41, 5.74) is 1.18. The molecule has 1 atom stereocenters. The molecule has 0 spiro atoms. The van der Waals surface area contributed by atoms with Crippen molar-refractivity contribution >= 4 is 39.1 Å². The number of methoxy groups -OCH3 is 2. The lowest BCUT2D eigenvalue weighted by Gasteiger charge is -2.30. The first-order valence-electron chi connectivity index (χ1n) is 11.9. The molecule has 204 valence electrons. The Labute approximate surface area is 224 Å². The number of hydrogen-bond acceptors (Lipinski definition) is 6. The molecule has 0 aromatic heterocycles. The van der Waals surface area contributed by atoms with E-state index in [0.29, 0.717) is 17.2 Å². The highest BCUT2D eigenvalue weighted by molar-refractivity contribution is 7.92. The second-order valence-corrected chi connectivity index (χ2v) is 11.3. The third kappa shape index (κ3) is 8.82. The minimum atomic E-state index is -3.64. The largest absolute Gasteiger partial charge is 0.497 e. The van der Waals surface area contributed by atoms with E-state index in [9.17, 15) is 18.0 Å². The number of hydrogen-bond donors (Lipinski definition) is 1. The number of carbonyl (C=O) groups excluding carboxylic acids is 2. The Morgan fingerprint density at radius 3 is 2.32 bits per heavy atom. The number of carbonyl (C=O) groups is 2. The van der Waals surface area contributed by atoms with Crippen molar-refractivity contribution in [3.63, 3.8) is 0 Å². The van der Waals surface area contributed by atoms with Crippen molar-refractivity contribution in [1.29, 1.82) is 0 Å². The van der Waals surface area contributed by atoms with E-state index in [1.54, 1.807) is 32.2 Å². The van der Waals surface area contributed by atoms with E-state index in [1.165, 1.54) is 22.4 Å². The van der Waals surface area contributed by atoms with Gasteiger partial charge in [0.2, 0.25) is 21.8 Å². The van der Waals surface area contributed by atoms with E-state index in [4.69, 9.17) is 21.1 Å². The summed E-state index contributed by atoms with van der Waals surface area (Å²) in [5, 5.41) is 3.13. The minimum Gasteiger partial charge on any atom is -0.497 e. The van der Waals surface area contributed by atoms with Crippen LogP contribution in [0.25, 0.3) is 0 Å². The van der Waals surface area contributed by atoms with E-state index in [-0.39, 0.29) is 48.8 Å². The first-order chi connectivity index (χ1) is 17.4. The maximum atomic E-state index is 13.3. The predicted octanol–water partition coefficient (Wildman–Crippen LogP) is 3.85. The smallest absolute Gasteiger partial charge is 0.242 e. The third-order valence-corrected chi connectivity index (χ3v) is 7.15. The number of nitrogens with zero attached hydrogens (tertiary/aromatic N) is 2. The Morgan fingerprint density at radius 1 is 1.05 bits per heavy atom. The van der Waals surface area contributed by atoms with Crippen molar-refractivity contribution in [3.05, 3.63) is 53.1 Å². The molecule has 0 bridgehead atoms. The SMILES string of the molecule is COc1cccc(CN(C(=O)CCCN(c2ccc(OC)c(Cl)c2)S(C)(=O)=O)[C@@H](C)C(=O)NC(C)C)c1. The summed E-state index contributed by atoms with van der Waals surface area (Å²) in [6, 6.07) is 11.2. The van der Waals surface area contributed by atoms with Gasteiger partial charge in [-0.1, -0.05) is 23.7 Å². The summed E-state index contributed by atoms with van der Waals surface area (Å²) in [6.07, 6.45) is 1.38. The van der Waals surface area contributed by atoms with Gasteiger partial charge in [-0.3, -0.25) is 13.9 Å². The molecule has 0 saturated carbocycles. The maximum absolute atomic E-state index is 13.3. The monoisotopic (exact) mass is 553 g/mol. The third-order valence-electron chi connectivity index (χ3n) is 5.66. The summed E-state index contributed by atoms with van der Waals surface area (Å²) < 4.78 is 36.6. The van der Waals surface area contributed by atoms with Gasteiger partial charge in [0, 0.05) is 25.6 Å². The van der Waals surface area contributed by atoms with Crippen LogP contribution in [0, 0.1) is 0 Å². The average Bonchev–Trinajstić information content (AvgIpc) is 2.83. The second-order valence-electron chi connectivity index (χ2n) is 8.97. The van der Waals surface area contributed by atoms with Crippen molar-refractivity contribution in [2.75, 3.05) is 31.3 Å². The van der Waals surface area contributed by atoms with Crippen molar-refractivity contribution in [3.8, 4) is 11.5 Å². The van der Waals surface area contributed by atoms with Crippen LogP contribution in [0.3, 0.4) is 0 Å². The number of amides is 2. The van der Waals surface area contributed by atoms with Gasteiger partial charge >= 0.3 is 0 Å². The van der Waals surface area contributed by atoms with Crippen molar-refractivity contribution < 1.29 is 27.5 Å². The fourth-order valence-corrected chi connectivity index (χ4v) is 4.98. The molecule has 37 heavy (non-hydrogen) atoms. The van der Waals surface area contributed by atoms with Crippen molar-refractivity contribution in [2.45, 2.75) is 52.2 Å². The zero-order valence-electron chi connectivity index (χ0n) is 22.2. The number of halogens is 1. The molecule has 0 radical (unpaired) electrons. The molecule has 0 heterocycles. The van der Waals surface area contributed by atoms with E-state index >= 15 is 0 Å². The van der Waals surface area contributed by atoms with Gasteiger partial charge in [0.15, 0.2) is 0 Å². The molecule has 0 saturated heterocycles. The minimum absolute atomic E-state index is 0.0408. The summed E-state index contributed by atoms with van der Waals surface area (Å²) >= 11 is 6.19. The van der Waals surface area contributed by atoms with Crippen LogP contribution in [0.15, 0.2) is 42.5 Å². The lowest BCUT2D eigenvalue weighted by Crippen LogP contribution is -2.49. The van der Waals surface area contributed by atoms with E-state index < -0.39 is 16.1 Å². The van der Waals surface area contributed by atoms with Crippen LogP contribution in [0.4, 0.5) is 5.69 Å². The first kappa shape index (κ1) is 30.2. The molecule has 1 N–H and O–H groups in total. The Morgan fingerprint density at radius 2 is 1.76 bits per heavy atom. The summed E-state index contributed by atoms with van der Waals surface area (Å²) in [5.74, 6) is 0.536. The molecule has 0 fully saturated rings. The maximum Gasteiger partial charge on any atom is 0.242 e. The Kier molecular flexibility index (Phi) is 11.1. The van der Waals surface area contributed by atoms with Gasteiger partial charge in [-0.15, -0.1) is 0 Å². The van der Waals surface area contributed by atoms with Gasteiger partial charge in [0.25, 0.3) is 0 Å². The van der Waals surface area contributed by atoms with Crippen LogP contribution in [0.2, 0.25) is 5.02 Å². The van der Waals surface area contributed by atoms with Crippen LogP contribution in [0.1, 0.15) is 39.2 Å². The van der Waals surface area contributed by atoms with Gasteiger partial charge < -0.3 is 19.7 Å². The molecule has 9 nitrogen and oxygen atoms in total. The van der Waals surface area contributed by atoms with Crippen LogP contribution < -0.4 is 19.1 Å². The summed E-state index contributed by atoms with van der Waals surface area (Å²) in [6.45, 7) is 5.64. The lowest BCUT2D eigenvalue weighted by atomic mass is 10.1. The molecule has 2 aromatic carbocycles. The highest BCUT2D eigenvalue weighted by Crippen LogP contribution is 2.30. The van der Waals surface area contributed by atoms with Crippen molar-refractivity contribution in [1.82, 2.24) is 10.2 Å². The topological polar surface area (TPSA) is 105 Å². The molecule has 2 rings (SSSR count). The normalized spacial score (nSPS) is 12.1. The highest BCUT2D eigenvalue weighted by Gasteiger charge is 2.27. The van der Waals surface area contributed by atoms with Crippen molar-refractivity contribution in [2.24, 2.45) is 0 Å². The zero-order valence-corrected chi connectivity index (χ0v) is 23.7. The molecular formula is C26H36ClN3O6S. The number of ether oxygens (including phenoxy) is 2. The molecule has 0 unspecified atom stereocenters. The number of nitrogens with one attached hydrogen (secondary N) is 1. The quantitative estimate of drug-likeness (QED) is 0.404. The number of rotatable bonds is 13. The van der Waals surface area contributed by atoms with Crippen LogP contribution in [0.5, 0.6) is 11.5 Å². The van der Waals surface area contributed by atoms with E-state index in [1.807, 2.05) is 32.0 Å². The number of benzene rings is 2. The summed E-state index contributed by atoms with van der Waals surface area (Å²) in [7, 11) is -0.608. The van der Waals surface area contributed by atoms with Crippen LogP contribution in [-0.4, -0.2) is 64.2 Å². The Hall–Kier alpha value is -2.98. The number of sulfonamides is 1. The van der Waals surface area contributed by atoms with Gasteiger partial charge in [0.1, 0.15) is 17.5 Å². The molecule has 2 aromatic rings. The fraction of sp³-hybridized carbons (Fsp3) is 0.462. The predicted molar refractivity (Wildman–Crippen MR) is 146 cm³/mol. The summed E-state index contributed by atoms with van der Waals surface area (Å²) in [4.78, 5) is 27.6. The fourth-order valence-electron chi connectivity index (χ4n) is 3.77. The average molecular weight is 554 g/mol.